The predicted octanol–water partition coefficient (Wildman–Crippen LogP) is 5.03. The topological polar surface area (TPSA) is 75.7 Å². The summed E-state index contributed by atoms with van der Waals surface area (Å²) in [5.41, 5.74) is 5.34. The molecule has 0 radical (unpaired) electrons. The van der Waals surface area contributed by atoms with Crippen molar-refractivity contribution in [2.75, 3.05) is 18.5 Å². The van der Waals surface area contributed by atoms with Gasteiger partial charge in [-0.2, -0.15) is 4.31 Å². The van der Waals surface area contributed by atoms with Crippen molar-refractivity contribution in [1.82, 2.24) is 4.31 Å². The molecule has 0 aromatic heterocycles. The Kier molecular flexibility index (Phi) is 6.98. The predicted molar refractivity (Wildman–Crippen MR) is 134 cm³/mol. The third-order valence-corrected chi connectivity index (χ3v) is 8.36. The fourth-order valence-electron chi connectivity index (χ4n) is 4.01. The van der Waals surface area contributed by atoms with E-state index in [9.17, 15) is 13.2 Å². The van der Waals surface area contributed by atoms with E-state index in [1.54, 1.807) is 36.4 Å². The molecule has 1 amide bonds. The Hall–Kier alpha value is -2.87. The summed E-state index contributed by atoms with van der Waals surface area (Å²) in [7, 11) is -3.59. The smallest absolute Gasteiger partial charge is 0.262 e. The number of ether oxygens (including phenoxy) is 1. The van der Waals surface area contributed by atoms with Gasteiger partial charge < -0.3 is 10.1 Å². The van der Waals surface area contributed by atoms with Gasteiger partial charge in [0, 0.05) is 23.8 Å². The van der Waals surface area contributed by atoms with E-state index in [2.05, 4.69) is 5.32 Å². The lowest BCUT2D eigenvalue weighted by atomic mass is 10.0. The zero-order valence-electron chi connectivity index (χ0n) is 19.4. The van der Waals surface area contributed by atoms with Gasteiger partial charge in [-0.15, -0.1) is 0 Å². The van der Waals surface area contributed by atoms with Crippen LogP contribution in [0.15, 0.2) is 59.5 Å². The summed E-state index contributed by atoms with van der Waals surface area (Å²) < 4.78 is 33.3. The minimum atomic E-state index is -3.59. The van der Waals surface area contributed by atoms with Crippen LogP contribution in [0.25, 0.3) is 0 Å². The van der Waals surface area contributed by atoms with Crippen molar-refractivity contribution in [1.29, 1.82) is 0 Å². The molecule has 0 aliphatic carbocycles. The third kappa shape index (κ3) is 5.27. The lowest BCUT2D eigenvalue weighted by Gasteiger charge is -2.28. The molecule has 1 aliphatic rings. The first-order chi connectivity index (χ1) is 16.1. The van der Waals surface area contributed by atoms with Gasteiger partial charge in [-0.3, -0.25) is 4.79 Å². The van der Waals surface area contributed by atoms with Crippen LogP contribution in [0.2, 0.25) is 5.02 Å². The minimum absolute atomic E-state index is 0.147. The highest BCUT2D eigenvalue weighted by Gasteiger charge is 2.28. The SMILES string of the molecule is Cc1ccc(S(=O)(=O)N2CCc3ccc(NC(=O)COc4cc(C)c(Cl)c(C)c4)cc3C2)cc1. The second-order valence-electron chi connectivity index (χ2n) is 8.59. The highest BCUT2D eigenvalue weighted by Crippen LogP contribution is 2.28. The zero-order chi connectivity index (χ0) is 24.5. The van der Waals surface area contributed by atoms with Crippen molar-refractivity contribution in [2.24, 2.45) is 0 Å². The minimum Gasteiger partial charge on any atom is -0.484 e. The van der Waals surface area contributed by atoms with Crippen molar-refractivity contribution < 1.29 is 17.9 Å². The van der Waals surface area contributed by atoms with Crippen molar-refractivity contribution in [3.8, 4) is 5.75 Å². The fourth-order valence-corrected chi connectivity index (χ4v) is 5.54. The number of halogens is 1. The molecule has 3 aromatic carbocycles. The summed E-state index contributed by atoms with van der Waals surface area (Å²) in [6.07, 6.45) is 0.618. The van der Waals surface area contributed by atoms with Crippen molar-refractivity contribution in [3.05, 3.63) is 87.4 Å². The Morgan fingerprint density at radius 1 is 1.00 bits per heavy atom. The Bertz CT molecular complexity index is 1310. The Morgan fingerprint density at radius 3 is 2.35 bits per heavy atom. The summed E-state index contributed by atoms with van der Waals surface area (Å²) in [4.78, 5) is 12.7. The third-order valence-electron chi connectivity index (χ3n) is 5.91. The molecule has 6 nitrogen and oxygen atoms in total. The summed E-state index contributed by atoms with van der Waals surface area (Å²) >= 11 is 6.18. The summed E-state index contributed by atoms with van der Waals surface area (Å²) in [6.45, 7) is 6.23. The molecule has 8 heteroatoms. The van der Waals surface area contributed by atoms with E-state index < -0.39 is 10.0 Å². The van der Waals surface area contributed by atoms with Gasteiger partial charge in [-0.1, -0.05) is 35.4 Å². The van der Waals surface area contributed by atoms with Gasteiger partial charge in [-0.25, -0.2) is 8.42 Å². The van der Waals surface area contributed by atoms with E-state index in [1.165, 1.54) is 4.31 Å². The van der Waals surface area contributed by atoms with E-state index in [-0.39, 0.29) is 24.0 Å². The normalized spacial score (nSPS) is 13.9. The number of hydrogen-bond acceptors (Lipinski definition) is 4. The maximum absolute atomic E-state index is 13.1. The van der Waals surface area contributed by atoms with Crippen LogP contribution in [0, 0.1) is 20.8 Å². The first-order valence-corrected chi connectivity index (χ1v) is 12.8. The van der Waals surface area contributed by atoms with Crippen LogP contribution in [-0.2, 0) is 27.8 Å². The van der Waals surface area contributed by atoms with Gasteiger partial charge >= 0.3 is 0 Å². The van der Waals surface area contributed by atoms with Crippen LogP contribution in [0.5, 0.6) is 5.75 Å². The number of hydrogen-bond donors (Lipinski definition) is 1. The Labute approximate surface area is 205 Å². The van der Waals surface area contributed by atoms with Gasteiger partial charge in [0.05, 0.1) is 4.90 Å². The van der Waals surface area contributed by atoms with Crippen LogP contribution < -0.4 is 10.1 Å². The number of fused-ring (bicyclic) bond motifs is 1. The van der Waals surface area contributed by atoms with E-state index in [0.29, 0.717) is 29.4 Å². The summed E-state index contributed by atoms with van der Waals surface area (Å²) in [5, 5.41) is 3.52. The van der Waals surface area contributed by atoms with Crippen molar-refractivity contribution in [2.45, 2.75) is 38.6 Å². The summed E-state index contributed by atoms with van der Waals surface area (Å²) in [6, 6.07) is 16.1. The molecule has 3 aromatic rings. The van der Waals surface area contributed by atoms with E-state index >= 15 is 0 Å². The largest absolute Gasteiger partial charge is 0.484 e. The number of nitrogens with one attached hydrogen (secondary N) is 1. The number of nitrogens with zero attached hydrogens (tertiary/aromatic N) is 1. The highest BCUT2D eigenvalue weighted by atomic mass is 35.5. The van der Waals surface area contributed by atoms with Crippen molar-refractivity contribution >= 4 is 33.2 Å². The second-order valence-corrected chi connectivity index (χ2v) is 10.9. The van der Waals surface area contributed by atoms with Crippen LogP contribution in [-0.4, -0.2) is 31.8 Å². The molecular formula is C26H27ClN2O4S. The number of aryl methyl sites for hydroxylation is 3. The number of benzene rings is 3. The van der Waals surface area contributed by atoms with E-state index in [1.807, 2.05) is 39.0 Å². The molecule has 0 fully saturated rings. The quantitative estimate of drug-likeness (QED) is 0.517. The lowest BCUT2D eigenvalue weighted by Crippen LogP contribution is -2.36. The molecule has 1 aliphatic heterocycles. The van der Waals surface area contributed by atoms with Gasteiger partial charge in [0.2, 0.25) is 10.0 Å². The molecule has 0 saturated carbocycles. The Balaban J connectivity index is 1.42. The average Bonchev–Trinajstić information content (AvgIpc) is 2.81. The van der Waals surface area contributed by atoms with E-state index in [0.717, 1.165) is 27.8 Å². The van der Waals surface area contributed by atoms with Crippen LogP contribution in [0.3, 0.4) is 0 Å². The highest BCUT2D eigenvalue weighted by molar-refractivity contribution is 7.89. The summed E-state index contributed by atoms with van der Waals surface area (Å²) in [5.74, 6) is 0.280. The number of rotatable bonds is 6. The standard InChI is InChI=1S/C26H27ClN2O4S/c1-17-4-8-24(9-5-17)34(31,32)29-11-10-20-6-7-22(14-21(20)15-29)28-25(30)16-33-23-12-18(2)26(27)19(3)13-23/h4-9,12-14H,10-11,15-16H2,1-3H3,(H,28,30). The van der Waals surface area contributed by atoms with Gasteiger partial charge in [0.25, 0.3) is 5.91 Å². The fraction of sp³-hybridized carbons (Fsp3) is 0.269. The molecule has 0 bridgehead atoms. The van der Waals surface area contributed by atoms with Gasteiger partial charge in [0.1, 0.15) is 5.75 Å². The molecule has 1 N–H and O–H groups in total. The molecule has 0 spiro atoms. The Morgan fingerprint density at radius 2 is 1.68 bits per heavy atom. The lowest BCUT2D eigenvalue weighted by molar-refractivity contribution is -0.118. The molecular weight excluding hydrogens is 472 g/mol. The van der Waals surface area contributed by atoms with Crippen molar-refractivity contribution in [3.63, 3.8) is 0 Å². The number of amides is 1. The molecule has 0 saturated heterocycles. The van der Waals surface area contributed by atoms with Crippen LogP contribution in [0.4, 0.5) is 5.69 Å². The molecule has 178 valence electrons. The van der Waals surface area contributed by atoms with Crippen LogP contribution >= 0.6 is 11.6 Å². The number of carbonyl (C=O) groups excluding carboxylic acids is 1. The van der Waals surface area contributed by atoms with E-state index in [4.69, 9.17) is 16.3 Å². The molecule has 34 heavy (non-hydrogen) atoms. The maximum atomic E-state index is 13.1. The number of sulfonamides is 1. The average molecular weight is 499 g/mol. The zero-order valence-corrected chi connectivity index (χ0v) is 21.0. The van der Waals surface area contributed by atoms with Gasteiger partial charge in [-0.05, 0) is 85.8 Å². The van der Waals surface area contributed by atoms with Crippen LogP contribution in [0.1, 0.15) is 27.8 Å². The van der Waals surface area contributed by atoms with Gasteiger partial charge in [0.15, 0.2) is 6.61 Å². The number of anilines is 1. The first kappa shape index (κ1) is 24.3. The number of carbonyl (C=O) groups is 1. The molecule has 1 heterocycles. The molecule has 0 atom stereocenters. The molecule has 4 rings (SSSR count). The monoisotopic (exact) mass is 498 g/mol. The molecule has 0 unspecified atom stereocenters. The maximum Gasteiger partial charge on any atom is 0.262 e. The first-order valence-electron chi connectivity index (χ1n) is 11.0. The second kappa shape index (κ2) is 9.78.